The van der Waals surface area contributed by atoms with E-state index in [1.807, 2.05) is 23.5 Å². The molecule has 0 fully saturated rings. The summed E-state index contributed by atoms with van der Waals surface area (Å²) in [4.78, 5) is 0. The highest BCUT2D eigenvalue weighted by Gasteiger charge is 1.99. The summed E-state index contributed by atoms with van der Waals surface area (Å²) in [6.45, 7) is 0. The van der Waals surface area contributed by atoms with Crippen LogP contribution >= 0.6 is 23.5 Å². The summed E-state index contributed by atoms with van der Waals surface area (Å²) in [5.41, 5.74) is 4.56. The standard InChI is InChI=1S/C19H22N2S2/c1-2-12-22-14-16-4-8-18(9-5-16)20-21-19-10-6-17(7-11-19)15-23-13-3-1/h4-11H,1-3,12-15H2. The Labute approximate surface area is 147 Å². The largest absolute Gasteiger partial charge is 0.157 e. The lowest BCUT2D eigenvalue weighted by Gasteiger charge is -2.03. The van der Waals surface area contributed by atoms with Gasteiger partial charge in [0.1, 0.15) is 0 Å². The molecule has 2 nitrogen and oxygen atoms in total. The Morgan fingerprint density at radius 1 is 0.565 bits per heavy atom. The van der Waals surface area contributed by atoms with E-state index in [-0.39, 0.29) is 0 Å². The van der Waals surface area contributed by atoms with Gasteiger partial charge in [0.25, 0.3) is 0 Å². The lowest BCUT2D eigenvalue weighted by Crippen LogP contribution is -1.87. The number of azo groups is 1. The van der Waals surface area contributed by atoms with Crippen LogP contribution in [0.15, 0.2) is 58.8 Å². The molecule has 0 atom stereocenters. The van der Waals surface area contributed by atoms with Gasteiger partial charge in [0.15, 0.2) is 0 Å². The Morgan fingerprint density at radius 3 is 1.43 bits per heavy atom. The molecule has 0 unspecified atom stereocenters. The quantitative estimate of drug-likeness (QED) is 0.529. The summed E-state index contributed by atoms with van der Waals surface area (Å²) in [5.74, 6) is 4.70. The Bertz CT molecular complexity index is 565. The third-order valence-electron chi connectivity index (χ3n) is 3.77. The van der Waals surface area contributed by atoms with Gasteiger partial charge in [0.2, 0.25) is 0 Å². The highest BCUT2D eigenvalue weighted by molar-refractivity contribution is 7.98. The van der Waals surface area contributed by atoms with Crippen molar-refractivity contribution < 1.29 is 0 Å². The van der Waals surface area contributed by atoms with Gasteiger partial charge in [-0.2, -0.15) is 33.8 Å². The van der Waals surface area contributed by atoms with Crippen LogP contribution in [0.4, 0.5) is 11.4 Å². The average Bonchev–Trinajstić information content (AvgIpc) is 2.60. The molecule has 0 amide bonds. The molecule has 0 saturated heterocycles. The first-order valence-corrected chi connectivity index (χ1v) is 10.5. The fourth-order valence-corrected chi connectivity index (χ4v) is 4.36. The molecule has 0 saturated carbocycles. The molecule has 4 aliphatic heterocycles. The first-order chi connectivity index (χ1) is 11.4. The summed E-state index contributed by atoms with van der Waals surface area (Å²) < 4.78 is 0. The molecule has 4 aliphatic rings. The molecule has 0 aliphatic carbocycles. The second-order valence-corrected chi connectivity index (χ2v) is 7.91. The Hall–Kier alpha value is -1.26. The van der Waals surface area contributed by atoms with Crippen molar-refractivity contribution in [1.82, 2.24) is 0 Å². The predicted molar refractivity (Wildman–Crippen MR) is 103 cm³/mol. The van der Waals surface area contributed by atoms with Crippen LogP contribution in [0.2, 0.25) is 0 Å². The highest BCUT2D eigenvalue weighted by Crippen LogP contribution is 2.23. The van der Waals surface area contributed by atoms with Crippen LogP contribution in [0.25, 0.3) is 0 Å². The number of nitrogens with zero attached hydrogens (tertiary/aromatic N) is 2. The molecule has 2 aromatic rings. The van der Waals surface area contributed by atoms with E-state index in [0.29, 0.717) is 0 Å². The molecular weight excluding hydrogens is 320 g/mol. The fourth-order valence-electron chi connectivity index (χ4n) is 2.40. The molecule has 4 heteroatoms. The van der Waals surface area contributed by atoms with Gasteiger partial charge in [-0.25, -0.2) is 0 Å². The molecule has 0 N–H and O–H groups in total. The number of hydrogen-bond donors (Lipinski definition) is 0. The van der Waals surface area contributed by atoms with E-state index >= 15 is 0 Å². The average molecular weight is 343 g/mol. The molecule has 4 heterocycles. The summed E-state index contributed by atoms with van der Waals surface area (Å²) in [6, 6.07) is 16.9. The van der Waals surface area contributed by atoms with E-state index in [9.17, 15) is 0 Å². The van der Waals surface area contributed by atoms with Crippen molar-refractivity contribution in [2.75, 3.05) is 11.5 Å². The molecule has 0 radical (unpaired) electrons. The van der Waals surface area contributed by atoms with Crippen molar-refractivity contribution in [3.05, 3.63) is 59.7 Å². The maximum absolute atomic E-state index is 4.33. The van der Waals surface area contributed by atoms with Crippen LogP contribution in [-0.2, 0) is 11.5 Å². The molecule has 120 valence electrons. The van der Waals surface area contributed by atoms with E-state index in [1.165, 1.54) is 41.9 Å². The van der Waals surface area contributed by atoms with Crippen LogP contribution in [0, 0.1) is 0 Å². The number of benzene rings is 2. The van der Waals surface area contributed by atoms with E-state index in [2.05, 4.69) is 58.8 Å². The minimum Gasteiger partial charge on any atom is -0.157 e. The summed E-state index contributed by atoms with van der Waals surface area (Å²) in [5, 5.41) is 8.66. The molecule has 6 rings (SSSR count). The van der Waals surface area contributed by atoms with Gasteiger partial charge in [-0.3, -0.25) is 0 Å². The van der Waals surface area contributed by atoms with Gasteiger partial charge in [0, 0.05) is 11.5 Å². The predicted octanol–water partition coefficient (Wildman–Crippen LogP) is 6.75. The molecule has 0 aromatic heterocycles. The van der Waals surface area contributed by atoms with Crippen LogP contribution in [0.3, 0.4) is 0 Å². The molecule has 0 spiro atoms. The van der Waals surface area contributed by atoms with Crippen LogP contribution in [0.5, 0.6) is 0 Å². The van der Waals surface area contributed by atoms with Crippen molar-refractivity contribution in [2.24, 2.45) is 10.2 Å². The minimum absolute atomic E-state index is 0.913. The zero-order valence-corrected chi connectivity index (χ0v) is 14.9. The van der Waals surface area contributed by atoms with Crippen molar-refractivity contribution in [3.63, 3.8) is 0 Å². The highest BCUT2D eigenvalue weighted by atomic mass is 32.2. The van der Waals surface area contributed by atoms with E-state index in [4.69, 9.17) is 0 Å². The molecule has 2 aromatic carbocycles. The first-order valence-electron chi connectivity index (χ1n) is 8.15. The number of hydrogen-bond acceptors (Lipinski definition) is 4. The first kappa shape index (κ1) is 16.6. The topological polar surface area (TPSA) is 24.7 Å². The SMILES string of the molecule is c1cc2ccc1CSCCCCCSCc1ccc(cc1)N=N2. The van der Waals surface area contributed by atoms with E-state index < -0.39 is 0 Å². The monoisotopic (exact) mass is 342 g/mol. The van der Waals surface area contributed by atoms with Crippen molar-refractivity contribution in [2.45, 2.75) is 30.8 Å². The molecular formula is C19H22N2S2. The van der Waals surface area contributed by atoms with Crippen LogP contribution in [-0.4, -0.2) is 11.5 Å². The lowest BCUT2D eigenvalue weighted by atomic mass is 10.2. The van der Waals surface area contributed by atoms with Gasteiger partial charge in [-0.1, -0.05) is 30.7 Å². The maximum atomic E-state index is 4.33. The molecule has 23 heavy (non-hydrogen) atoms. The van der Waals surface area contributed by atoms with Crippen LogP contribution in [0.1, 0.15) is 30.4 Å². The van der Waals surface area contributed by atoms with Gasteiger partial charge >= 0.3 is 0 Å². The second-order valence-electron chi connectivity index (χ2n) is 5.70. The van der Waals surface area contributed by atoms with Gasteiger partial charge in [-0.15, -0.1) is 0 Å². The zero-order valence-electron chi connectivity index (χ0n) is 13.3. The number of thioether (sulfide) groups is 2. The lowest BCUT2D eigenvalue weighted by molar-refractivity contribution is 0.785. The molecule has 4 bridgehead atoms. The third kappa shape index (κ3) is 5.70. The van der Waals surface area contributed by atoms with Crippen molar-refractivity contribution in [3.8, 4) is 0 Å². The Balaban J connectivity index is 1.72. The smallest absolute Gasteiger partial charge is 0.0857 e. The number of rotatable bonds is 0. The second kappa shape index (κ2) is 9.14. The van der Waals surface area contributed by atoms with Crippen molar-refractivity contribution in [1.29, 1.82) is 0 Å². The zero-order chi connectivity index (χ0) is 15.7. The van der Waals surface area contributed by atoms with Crippen LogP contribution < -0.4 is 0 Å². The minimum atomic E-state index is 0.913. The Morgan fingerprint density at radius 2 is 1.00 bits per heavy atom. The van der Waals surface area contributed by atoms with E-state index in [0.717, 1.165) is 22.9 Å². The Kier molecular flexibility index (Phi) is 6.59. The summed E-state index contributed by atoms with van der Waals surface area (Å²) >= 11 is 4.06. The normalized spacial score (nSPS) is 16.7. The maximum Gasteiger partial charge on any atom is 0.0857 e. The summed E-state index contributed by atoms with van der Waals surface area (Å²) in [7, 11) is 0. The van der Waals surface area contributed by atoms with E-state index in [1.54, 1.807) is 0 Å². The third-order valence-corrected chi connectivity index (χ3v) is 6.00. The fraction of sp³-hybridized carbons (Fsp3) is 0.368. The summed E-state index contributed by atoms with van der Waals surface area (Å²) in [6.07, 6.45) is 3.99. The van der Waals surface area contributed by atoms with Gasteiger partial charge in [0.05, 0.1) is 11.4 Å². The van der Waals surface area contributed by atoms with Gasteiger partial charge in [-0.05, 0) is 59.7 Å². The van der Waals surface area contributed by atoms with Gasteiger partial charge < -0.3 is 0 Å². The van der Waals surface area contributed by atoms with Crippen molar-refractivity contribution >= 4 is 34.9 Å².